The lowest BCUT2D eigenvalue weighted by atomic mass is 9.94. The predicted octanol–water partition coefficient (Wildman–Crippen LogP) is 21.7. The SMILES string of the molecule is c1cc(-c2ccc(N(c3ccc4ccccc4c3)c3ccc4c(ccc5ccccc54)c3)cc2)cc(-c2ccc3ccc4cc(-c5ccc(N(c6cccc7ccccc67)c6cccc7ccccc67)cc5)ccc4c3c2)c1. The van der Waals surface area contributed by atoms with Crippen LogP contribution in [-0.4, -0.2) is 0 Å². The van der Waals surface area contributed by atoms with E-state index in [2.05, 4.69) is 313 Å². The van der Waals surface area contributed by atoms with Gasteiger partial charge in [0.1, 0.15) is 0 Å². The molecule has 2 nitrogen and oxygen atoms in total. The molecule has 0 radical (unpaired) electrons. The van der Waals surface area contributed by atoms with Gasteiger partial charge in [-0.25, -0.2) is 0 Å². The third-order valence-electron chi connectivity index (χ3n) is 15.9. The first-order valence-corrected chi connectivity index (χ1v) is 26.9. The Morgan fingerprint density at radius 2 is 0.513 bits per heavy atom. The Labute approximate surface area is 453 Å². The topological polar surface area (TPSA) is 6.48 Å². The second-order valence-electron chi connectivity index (χ2n) is 20.5. The molecule has 0 spiro atoms. The number of hydrogen-bond donors (Lipinski definition) is 0. The minimum atomic E-state index is 1.10. The number of anilines is 6. The number of hydrogen-bond acceptors (Lipinski definition) is 2. The summed E-state index contributed by atoms with van der Waals surface area (Å²) in [6.07, 6.45) is 0. The lowest BCUT2D eigenvalue weighted by Gasteiger charge is -2.28. The Hall–Kier alpha value is -10.3. The number of rotatable bonds is 9. The molecule has 2 heteroatoms. The van der Waals surface area contributed by atoms with Gasteiger partial charge in [-0.2, -0.15) is 0 Å². The van der Waals surface area contributed by atoms with E-state index in [-0.39, 0.29) is 0 Å². The number of benzene rings is 15. The van der Waals surface area contributed by atoms with Crippen LogP contribution in [0.3, 0.4) is 0 Å². The maximum atomic E-state index is 2.42. The fourth-order valence-electron chi connectivity index (χ4n) is 12.0. The largest absolute Gasteiger partial charge is 0.310 e. The van der Waals surface area contributed by atoms with Gasteiger partial charge in [-0.3, -0.25) is 0 Å². The molecule has 0 aliphatic carbocycles. The lowest BCUT2D eigenvalue weighted by Crippen LogP contribution is -2.11. The molecule has 0 bridgehead atoms. The van der Waals surface area contributed by atoms with E-state index >= 15 is 0 Å². The van der Waals surface area contributed by atoms with Crippen LogP contribution in [0.1, 0.15) is 0 Å². The Morgan fingerprint density at radius 1 is 0.154 bits per heavy atom. The zero-order chi connectivity index (χ0) is 51.5. The standard InChI is InChI=1S/C76H50N2/c1-2-16-60-48-67(42-36-51(60)12-1)77(68-43-45-70-64(49-68)31-27-56-15-3-6-21-69(56)70)65-38-32-52(33-39-65)58-19-9-20-59(46-58)62-29-26-57-28-30-63-47-61(37-44-71(63)74(57)50-62)53-34-40-66(41-35-53)78(75-24-10-17-54-13-4-7-22-72(54)75)76-25-11-18-55-14-5-8-23-73(55)76/h1-50H. The van der Waals surface area contributed by atoms with Crippen LogP contribution in [0.4, 0.5) is 34.1 Å². The minimum Gasteiger partial charge on any atom is -0.310 e. The molecule has 15 rings (SSSR count). The summed E-state index contributed by atoms with van der Waals surface area (Å²) in [6, 6.07) is 111. The highest BCUT2D eigenvalue weighted by atomic mass is 15.1. The van der Waals surface area contributed by atoms with E-state index in [1.807, 2.05) is 0 Å². The van der Waals surface area contributed by atoms with Gasteiger partial charge in [0, 0.05) is 33.5 Å². The Bertz CT molecular complexity index is 4710. The van der Waals surface area contributed by atoms with Crippen molar-refractivity contribution < 1.29 is 0 Å². The summed E-state index contributed by atoms with van der Waals surface area (Å²) in [7, 11) is 0. The maximum absolute atomic E-state index is 2.42. The van der Waals surface area contributed by atoms with Crippen LogP contribution >= 0.6 is 0 Å². The normalized spacial score (nSPS) is 11.6. The van der Waals surface area contributed by atoms with Gasteiger partial charge in [0.2, 0.25) is 0 Å². The van der Waals surface area contributed by atoms with Crippen LogP contribution in [0.15, 0.2) is 303 Å². The Balaban J connectivity index is 0.740. The van der Waals surface area contributed by atoms with Crippen molar-refractivity contribution >= 4 is 110 Å². The first kappa shape index (κ1) is 45.1. The summed E-state index contributed by atoms with van der Waals surface area (Å²) < 4.78 is 0. The summed E-state index contributed by atoms with van der Waals surface area (Å²) in [4.78, 5) is 4.80. The highest BCUT2D eigenvalue weighted by Gasteiger charge is 2.19. The second kappa shape index (κ2) is 18.8. The van der Waals surface area contributed by atoms with E-state index in [1.165, 1.54) is 109 Å². The summed E-state index contributed by atoms with van der Waals surface area (Å²) in [5, 5.41) is 17.3. The molecule has 0 fully saturated rings. The van der Waals surface area contributed by atoms with Crippen molar-refractivity contribution in [1.82, 2.24) is 0 Å². The van der Waals surface area contributed by atoms with Gasteiger partial charge in [0.25, 0.3) is 0 Å². The first-order chi connectivity index (χ1) is 38.6. The van der Waals surface area contributed by atoms with E-state index in [1.54, 1.807) is 0 Å². The van der Waals surface area contributed by atoms with Crippen LogP contribution < -0.4 is 9.80 Å². The third-order valence-corrected chi connectivity index (χ3v) is 15.9. The molecule has 15 aromatic rings. The lowest BCUT2D eigenvalue weighted by molar-refractivity contribution is 1.29. The molecule has 0 N–H and O–H groups in total. The van der Waals surface area contributed by atoms with Gasteiger partial charge in [-0.1, -0.05) is 224 Å². The van der Waals surface area contributed by atoms with Gasteiger partial charge >= 0.3 is 0 Å². The molecule has 15 aromatic carbocycles. The smallest absolute Gasteiger partial charge is 0.0540 e. The molecule has 364 valence electrons. The number of nitrogens with zero attached hydrogens (tertiary/aromatic N) is 2. The fraction of sp³-hybridized carbons (Fsp3) is 0. The molecule has 0 saturated carbocycles. The summed E-state index contributed by atoms with van der Waals surface area (Å²) in [5.74, 6) is 0. The molecule has 0 saturated heterocycles. The molecule has 0 unspecified atom stereocenters. The van der Waals surface area contributed by atoms with Gasteiger partial charge in [-0.15, -0.1) is 0 Å². The van der Waals surface area contributed by atoms with Crippen molar-refractivity contribution in [3.05, 3.63) is 303 Å². The molecule has 0 atom stereocenters. The van der Waals surface area contributed by atoms with E-state index in [9.17, 15) is 0 Å². The predicted molar refractivity (Wildman–Crippen MR) is 335 cm³/mol. The highest BCUT2D eigenvalue weighted by molar-refractivity contribution is 6.11. The third kappa shape index (κ3) is 7.98. The molecule has 0 heterocycles. The highest BCUT2D eigenvalue weighted by Crippen LogP contribution is 2.44. The second-order valence-corrected chi connectivity index (χ2v) is 20.5. The van der Waals surface area contributed by atoms with Crippen LogP contribution in [-0.2, 0) is 0 Å². The van der Waals surface area contributed by atoms with Gasteiger partial charge in [-0.05, 0) is 177 Å². The van der Waals surface area contributed by atoms with Crippen molar-refractivity contribution in [3.8, 4) is 33.4 Å². The molecule has 78 heavy (non-hydrogen) atoms. The summed E-state index contributed by atoms with van der Waals surface area (Å²) in [6.45, 7) is 0. The van der Waals surface area contributed by atoms with Crippen LogP contribution in [0, 0.1) is 0 Å². The van der Waals surface area contributed by atoms with Gasteiger partial charge in [0.15, 0.2) is 0 Å². The van der Waals surface area contributed by atoms with Crippen LogP contribution in [0.2, 0.25) is 0 Å². The zero-order valence-electron chi connectivity index (χ0n) is 42.8. The minimum absolute atomic E-state index is 1.10. The maximum Gasteiger partial charge on any atom is 0.0540 e. The molecule has 0 aromatic heterocycles. The van der Waals surface area contributed by atoms with Gasteiger partial charge < -0.3 is 9.80 Å². The van der Waals surface area contributed by atoms with Crippen molar-refractivity contribution in [2.24, 2.45) is 0 Å². The molecular weight excluding hydrogens is 941 g/mol. The molecule has 0 aliphatic rings. The van der Waals surface area contributed by atoms with Gasteiger partial charge in [0.05, 0.1) is 11.4 Å². The molecule has 0 aliphatic heterocycles. The quantitative estimate of drug-likeness (QED) is 0.133. The fourth-order valence-corrected chi connectivity index (χ4v) is 12.0. The van der Waals surface area contributed by atoms with E-state index in [0.29, 0.717) is 0 Å². The summed E-state index contributed by atoms with van der Waals surface area (Å²) in [5.41, 5.74) is 13.9. The van der Waals surface area contributed by atoms with Crippen LogP contribution in [0.25, 0.3) is 109 Å². The average Bonchev–Trinajstić information content (AvgIpc) is 3.64. The van der Waals surface area contributed by atoms with Crippen LogP contribution in [0.5, 0.6) is 0 Å². The molecular formula is C76H50N2. The number of fused-ring (bicyclic) bond motifs is 9. The van der Waals surface area contributed by atoms with Crippen molar-refractivity contribution in [3.63, 3.8) is 0 Å². The van der Waals surface area contributed by atoms with Crippen molar-refractivity contribution in [1.29, 1.82) is 0 Å². The molecule has 0 amide bonds. The Morgan fingerprint density at radius 3 is 1.18 bits per heavy atom. The first-order valence-electron chi connectivity index (χ1n) is 26.9. The Kier molecular flexibility index (Phi) is 10.9. The summed E-state index contributed by atoms with van der Waals surface area (Å²) >= 11 is 0. The average molecular weight is 991 g/mol. The van der Waals surface area contributed by atoms with Crippen molar-refractivity contribution in [2.45, 2.75) is 0 Å². The van der Waals surface area contributed by atoms with E-state index < -0.39 is 0 Å². The monoisotopic (exact) mass is 990 g/mol. The van der Waals surface area contributed by atoms with Crippen molar-refractivity contribution in [2.75, 3.05) is 9.80 Å². The van der Waals surface area contributed by atoms with E-state index in [0.717, 1.165) is 34.1 Å². The van der Waals surface area contributed by atoms with E-state index in [4.69, 9.17) is 0 Å². The zero-order valence-corrected chi connectivity index (χ0v) is 42.8.